The van der Waals surface area contributed by atoms with E-state index in [4.69, 9.17) is 16.3 Å². The van der Waals surface area contributed by atoms with Crippen molar-refractivity contribution in [3.05, 3.63) is 113 Å². The van der Waals surface area contributed by atoms with Gasteiger partial charge in [-0.2, -0.15) is 0 Å². The molecule has 6 heteroatoms. The minimum Gasteiger partial charge on any atom is -0.483 e. The summed E-state index contributed by atoms with van der Waals surface area (Å²) in [6.45, 7) is 2.68. The van der Waals surface area contributed by atoms with Crippen molar-refractivity contribution >= 4 is 34.2 Å². The molecule has 1 N–H and O–H groups in total. The van der Waals surface area contributed by atoms with Crippen LogP contribution in [-0.2, 0) is 22.6 Å². The second kappa shape index (κ2) is 13.6. The lowest BCUT2D eigenvalue weighted by Crippen LogP contribution is -2.51. The molecule has 0 spiro atoms. The molecule has 0 saturated heterocycles. The molecule has 0 heterocycles. The number of nitrogens with zero attached hydrogens (tertiary/aromatic N) is 1. The Balaban J connectivity index is 1.63. The number of hydrogen-bond donors (Lipinski definition) is 1. The maximum atomic E-state index is 13.8. The SMILES string of the molecule is CCCCNC(=O)[C@H](Cc1ccccc1)N(Cc1cccc(Cl)c1)C(=O)COc1cccc2ccccc12. The number of nitrogens with one attached hydrogen (secondary N) is 1. The van der Waals surface area contributed by atoms with E-state index in [2.05, 4.69) is 12.2 Å². The van der Waals surface area contributed by atoms with E-state index in [9.17, 15) is 9.59 Å². The number of unbranched alkanes of at least 4 members (excludes halogenated alkanes) is 1. The number of rotatable bonds is 12. The maximum Gasteiger partial charge on any atom is 0.261 e. The molecule has 4 rings (SSSR count). The van der Waals surface area contributed by atoms with Crippen molar-refractivity contribution in [2.75, 3.05) is 13.2 Å². The zero-order valence-electron chi connectivity index (χ0n) is 21.6. The van der Waals surface area contributed by atoms with Crippen LogP contribution >= 0.6 is 11.6 Å². The number of carbonyl (C=O) groups is 2. The third-order valence-corrected chi connectivity index (χ3v) is 6.68. The molecule has 0 fully saturated rings. The third kappa shape index (κ3) is 7.36. The zero-order chi connectivity index (χ0) is 26.7. The summed E-state index contributed by atoms with van der Waals surface area (Å²) in [5.41, 5.74) is 1.82. The van der Waals surface area contributed by atoms with Crippen LogP contribution in [-0.4, -0.2) is 35.9 Å². The summed E-state index contributed by atoms with van der Waals surface area (Å²) in [6.07, 6.45) is 2.23. The van der Waals surface area contributed by atoms with Crippen molar-refractivity contribution in [1.82, 2.24) is 10.2 Å². The number of amides is 2. The first kappa shape index (κ1) is 27.2. The van der Waals surface area contributed by atoms with Gasteiger partial charge in [0.25, 0.3) is 5.91 Å². The third-order valence-electron chi connectivity index (χ3n) is 6.44. The Morgan fingerprint density at radius 2 is 1.61 bits per heavy atom. The molecule has 1 atom stereocenters. The van der Waals surface area contributed by atoms with Crippen LogP contribution in [0, 0.1) is 0 Å². The van der Waals surface area contributed by atoms with Crippen molar-refractivity contribution in [3.63, 3.8) is 0 Å². The minimum absolute atomic E-state index is 0.178. The van der Waals surface area contributed by atoms with E-state index in [-0.39, 0.29) is 25.0 Å². The van der Waals surface area contributed by atoms with Crippen LogP contribution in [0.25, 0.3) is 10.8 Å². The molecule has 0 unspecified atom stereocenters. The molecule has 0 saturated carbocycles. The maximum absolute atomic E-state index is 13.8. The molecule has 196 valence electrons. The first-order valence-corrected chi connectivity index (χ1v) is 13.4. The monoisotopic (exact) mass is 528 g/mol. The average molecular weight is 529 g/mol. The molecule has 0 aliphatic rings. The normalized spacial score (nSPS) is 11.6. The number of carbonyl (C=O) groups excluding carboxylic acids is 2. The standard InChI is InChI=1S/C32H33ClN2O3/c1-2-3-19-34-32(37)29(21-24-11-5-4-6-12-24)35(22-25-13-9-16-27(33)20-25)31(36)23-38-30-18-10-15-26-14-7-8-17-28(26)30/h4-18,20,29H,2-3,19,21-23H2,1H3,(H,34,37)/t29-/m0/s1. The highest BCUT2D eigenvalue weighted by atomic mass is 35.5. The number of benzene rings is 4. The molecule has 38 heavy (non-hydrogen) atoms. The summed E-state index contributed by atoms with van der Waals surface area (Å²) in [7, 11) is 0. The molecular formula is C32H33ClN2O3. The second-order valence-corrected chi connectivity index (χ2v) is 9.70. The van der Waals surface area contributed by atoms with Gasteiger partial charge in [-0.15, -0.1) is 0 Å². The van der Waals surface area contributed by atoms with Gasteiger partial charge in [0.1, 0.15) is 11.8 Å². The summed E-state index contributed by atoms with van der Waals surface area (Å²) in [5.74, 6) is 0.179. The van der Waals surface area contributed by atoms with Gasteiger partial charge in [-0.05, 0) is 41.1 Å². The predicted octanol–water partition coefficient (Wildman–Crippen LogP) is 6.43. The first-order valence-electron chi connectivity index (χ1n) is 13.0. The van der Waals surface area contributed by atoms with E-state index < -0.39 is 6.04 Å². The number of fused-ring (bicyclic) bond motifs is 1. The summed E-state index contributed by atoms with van der Waals surface area (Å²) in [4.78, 5) is 28.9. The van der Waals surface area contributed by atoms with Crippen LogP contribution in [0.1, 0.15) is 30.9 Å². The fraction of sp³-hybridized carbons (Fsp3) is 0.250. The molecular weight excluding hydrogens is 496 g/mol. The molecule has 0 aliphatic carbocycles. The first-order chi connectivity index (χ1) is 18.5. The Hall–Kier alpha value is -3.83. The lowest BCUT2D eigenvalue weighted by molar-refractivity contribution is -0.142. The predicted molar refractivity (Wildman–Crippen MR) is 153 cm³/mol. The largest absolute Gasteiger partial charge is 0.483 e. The number of ether oxygens (including phenoxy) is 1. The van der Waals surface area contributed by atoms with Crippen molar-refractivity contribution in [2.24, 2.45) is 0 Å². The van der Waals surface area contributed by atoms with Crippen LogP contribution in [0.15, 0.2) is 97.1 Å². The molecule has 0 aromatic heterocycles. The molecule has 5 nitrogen and oxygen atoms in total. The summed E-state index contributed by atoms with van der Waals surface area (Å²) in [5, 5.41) is 5.58. The zero-order valence-corrected chi connectivity index (χ0v) is 22.4. The molecule has 0 radical (unpaired) electrons. The molecule has 0 bridgehead atoms. The Morgan fingerprint density at radius 3 is 2.39 bits per heavy atom. The second-order valence-electron chi connectivity index (χ2n) is 9.27. The van der Waals surface area contributed by atoms with Crippen molar-refractivity contribution < 1.29 is 14.3 Å². The van der Waals surface area contributed by atoms with Crippen molar-refractivity contribution in [1.29, 1.82) is 0 Å². The van der Waals surface area contributed by atoms with Gasteiger partial charge in [-0.3, -0.25) is 9.59 Å². The molecule has 2 amide bonds. The Labute approximate surface area is 229 Å². The number of halogens is 1. The van der Waals surface area contributed by atoms with Crippen LogP contribution < -0.4 is 10.1 Å². The van der Waals surface area contributed by atoms with Crippen LogP contribution in [0.3, 0.4) is 0 Å². The van der Waals surface area contributed by atoms with Gasteiger partial charge < -0.3 is 15.0 Å². The smallest absolute Gasteiger partial charge is 0.261 e. The van der Waals surface area contributed by atoms with Crippen LogP contribution in [0.4, 0.5) is 0 Å². The van der Waals surface area contributed by atoms with Crippen molar-refractivity contribution in [2.45, 2.75) is 38.8 Å². The molecule has 4 aromatic rings. The molecule has 0 aliphatic heterocycles. The van der Waals surface area contributed by atoms with Gasteiger partial charge in [0.15, 0.2) is 6.61 Å². The quantitative estimate of drug-likeness (QED) is 0.216. The van der Waals surface area contributed by atoms with Gasteiger partial charge in [0, 0.05) is 29.9 Å². The van der Waals surface area contributed by atoms with Gasteiger partial charge in [-0.1, -0.05) is 104 Å². The van der Waals surface area contributed by atoms with Crippen molar-refractivity contribution in [3.8, 4) is 5.75 Å². The lowest BCUT2D eigenvalue weighted by atomic mass is 10.0. The van der Waals surface area contributed by atoms with E-state index in [0.29, 0.717) is 23.7 Å². The van der Waals surface area contributed by atoms with Gasteiger partial charge >= 0.3 is 0 Å². The van der Waals surface area contributed by atoms with Gasteiger partial charge in [-0.25, -0.2) is 0 Å². The highest BCUT2D eigenvalue weighted by molar-refractivity contribution is 6.30. The Morgan fingerprint density at radius 1 is 0.895 bits per heavy atom. The fourth-order valence-corrected chi connectivity index (χ4v) is 4.65. The summed E-state index contributed by atoms with van der Waals surface area (Å²) >= 11 is 6.25. The number of hydrogen-bond acceptors (Lipinski definition) is 3. The minimum atomic E-state index is -0.711. The van der Waals surface area contributed by atoms with E-state index in [1.165, 1.54) is 0 Å². The lowest BCUT2D eigenvalue weighted by Gasteiger charge is -2.31. The van der Waals surface area contributed by atoms with Crippen LogP contribution in [0.5, 0.6) is 5.75 Å². The summed E-state index contributed by atoms with van der Waals surface area (Å²) in [6, 6.07) is 30.1. The highest BCUT2D eigenvalue weighted by Gasteiger charge is 2.30. The Kier molecular flexibility index (Phi) is 9.77. The van der Waals surface area contributed by atoms with E-state index in [1.807, 2.05) is 91.0 Å². The van der Waals surface area contributed by atoms with E-state index in [0.717, 1.165) is 34.7 Å². The molecule has 4 aromatic carbocycles. The van der Waals surface area contributed by atoms with Gasteiger partial charge in [0.05, 0.1) is 0 Å². The Bertz CT molecular complexity index is 1350. The average Bonchev–Trinajstić information content (AvgIpc) is 2.94. The van der Waals surface area contributed by atoms with Gasteiger partial charge in [0.2, 0.25) is 5.91 Å². The summed E-state index contributed by atoms with van der Waals surface area (Å²) < 4.78 is 6.05. The fourth-order valence-electron chi connectivity index (χ4n) is 4.44. The topological polar surface area (TPSA) is 58.6 Å². The van der Waals surface area contributed by atoms with E-state index in [1.54, 1.807) is 11.0 Å². The van der Waals surface area contributed by atoms with Crippen LogP contribution in [0.2, 0.25) is 5.02 Å². The van der Waals surface area contributed by atoms with E-state index >= 15 is 0 Å². The highest BCUT2D eigenvalue weighted by Crippen LogP contribution is 2.25.